The first-order valence-electron chi connectivity index (χ1n) is 4.55. The van der Waals surface area contributed by atoms with Crippen molar-refractivity contribution in [1.29, 1.82) is 0 Å². The molecule has 0 fully saturated rings. The Kier molecular flexibility index (Phi) is 2.36. The molecule has 0 radical (unpaired) electrons. The largest absolute Gasteiger partial charge is 0.755 e. The third-order valence-corrected chi connectivity index (χ3v) is 2.82. The van der Waals surface area contributed by atoms with Gasteiger partial charge in [-0.15, -0.1) is 0 Å². The number of nitrogens with zero attached hydrogens (tertiary/aromatic N) is 1. The summed E-state index contributed by atoms with van der Waals surface area (Å²) >= 11 is -2.28. The van der Waals surface area contributed by atoms with Gasteiger partial charge in [0.05, 0.1) is 5.69 Å². The van der Waals surface area contributed by atoms with Gasteiger partial charge in [-0.2, -0.15) is 0 Å². The number of nitrogens with one attached hydrogen (secondary N) is 1. The Balaban J connectivity index is 2.40. The Bertz CT molecular complexity index is 455. The van der Waals surface area contributed by atoms with E-state index in [4.69, 9.17) is 0 Å². The maximum Gasteiger partial charge on any atom is 0.0668 e. The van der Waals surface area contributed by atoms with E-state index in [0.29, 0.717) is 5.69 Å². The molecule has 0 saturated heterocycles. The number of rotatable bonds is 2. The highest BCUT2D eigenvalue weighted by Crippen LogP contribution is 2.37. The van der Waals surface area contributed by atoms with Gasteiger partial charge in [0.1, 0.15) is 0 Å². The predicted molar refractivity (Wildman–Crippen MR) is 60.2 cm³/mol. The zero-order valence-corrected chi connectivity index (χ0v) is 9.30. The molecule has 0 amide bonds. The molecule has 0 aromatic heterocycles. The van der Waals surface area contributed by atoms with Crippen LogP contribution < -0.4 is 4.72 Å². The Labute approximate surface area is 90.8 Å². The molecule has 0 saturated carbocycles. The van der Waals surface area contributed by atoms with Crippen LogP contribution in [-0.2, 0) is 16.7 Å². The van der Waals surface area contributed by atoms with Crippen molar-refractivity contribution in [1.82, 2.24) is 0 Å². The molecule has 15 heavy (non-hydrogen) atoms. The lowest BCUT2D eigenvalue weighted by Gasteiger charge is -2.17. The van der Waals surface area contributed by atoms with Gasteiger partial charge in [0, 0.05) is 28.6 Å². The molecular weight excluding hydrogens is 212 g/mol. The van der Waals surface area contributed by atoms with Crippen LogP contribution in [0, 0.1) is 0 Å². The molecule has 2 rings (SSSR count). The second-order valence-electron chi connectivity index (χ2n) is 4.05. The van der Waals surface area contributed by atoms with Crippen LogP contribution in [0.4, 0.5) is 11.4 Å². The summed E-state index contributed by atoms with van der Waals surface area (Å²) in [5.74, 6) is 0. The summed E-state index contributed by atoms with van der Waals surface area (Å²) in [7, 11) is 0. The standard InChI is InChI=1S/C10H12N2O2S/c1-10(2)6-11-9-4-3-7(5-8(9)10)12-15(13)14/h3-6,12H,1-2H3,(H,13,14)/p-1. The van der Waals surface area contributed by atoms with Gasteiger partial charge >= 0.3 is 0 Å². The Morgan fingerprint density at radius 2 is 2.20 bits per heavy atom. The molecule has 1 heterocycles. The Hall–Kier alpha value is -1.20. The third kappa shape index (κ3) is 1.93. The van der Waals surface area contributed by atoms with Gasteiger partial charge in [-0.05, 0) is 23.8 Å². The lowest BCUT2D eigenvalue weighted by Crippen LogP contribution is -2.15. The number of aliphatic imine (C=N–C) groups is 1. The summed E-state index contributed by atoms with van der Waals surface area (Å²) in [6, 6.07) is 5.33. The van der Waals surface area contributed by atoms with Crippen LogP contribution >= 0.6 is 0 Å². The fourth-order valence-corrected chi connectivity index (χ4v) is 1.94. The van der Waals surface area contributed by atoms with Crippen molar-refractivity contribution in [2.75, 3.05) is 4.72 Å². The molecular formula is C10H11N2O2S-. The minimum Gasteiger partial charge on any atom is -0.755 e. The Morgan fingerprint density at radius 1 is 1.47 bits per heavy atom. The van der Waals surface area contributed by atoms with Gasteiger partial charge in [-0.1, -0.05) is 13.8 Å². The molecule has 1 aliphatic rings. The molecule has 1 aliphatic heterocycles. The van der Waals surface area contributed by atoms with E-state index < -0.39 is 11.3 Å². The molecule has 80 valence electrons. The SMILES string of the molecule is CC1(C)C=Nc2ccc(NS(=O)[O-])cc21. The maximum absolute atomic E-state index is 10.5. The van der Waals surface area contributed by atoms with Crippen molar-refractivity contribution >= 4 is 28.9 Å². The van der Waals surface area contributed by atoms with Crippen LogP contribution in [0.25, 0.3) is 0 Å². The zero-order chi connectivity index (χ0) is 11.1. The van der Waals surface area contributed by atoms with Gasteiger partial charge in [-0.3, -0.25) is 9.20 Å². The minimum atomic E-state index is -2.28. The van der Waals surface area contributed by atoms with Crippen LogP contribution in [-0.4, -0.2) is 15.0 Å². The molecule has 5 heteroatoms. The molecule has 1 atom stereocenters. The summed E-state index contributed by atoms with van der Waals surface area (Å²) < 4.78 is 23.3. The highest BCUT2D eigenvalue weighted by atomic mass is 32.2. The van der Waals surface area contributed by atoms with E-state index >= 15 is 0 Å². The summed E-state index contributed by atoms with van der Waals surface area (Å²) in [6.45, 7) is 4.08. The number of benzene rings is 1. The monoisotopic (exact) mass is 223 g/mol. The predicted octanol–water partition coefficient (Wildman–Crippen LogP) is 1.89. The first-order valence-corrected chi connectivity index (χ1v) is 5.62. The summed E-state index contributed by atoms with van der Waals surface area (Å²) in [5, 5.41) is 0. The normalized spacial score (nSPS) is 18.6. The van der Waals surface area contributed by atoms with Crippen LogP contribution in [0.1, 0.15) is 19.4 Å². The van der Waals surface area contributed by atoms with Crippen molar-refractivity contribution in [3.8, 4) is 0 Å². The molecule has 0 aliphatic carbocycles. The summed E-state index contributed by atoms with van der Waals surface area (Å²) in [5.41, 5.74) is 2.39. The summed E-state index contributed by atoms with van der Waals surface area (Å²) in [4.78, 5) is 4.27. The van der Waals surface area contributed by atoms with Gasteiger partial charge in [0.25, 0.3) is 0 Å². The third-order valence-electron chi connectivity index (χ3n) is 2.42. The van der Waals surface area contributed by atoms with Crippen molar-refractivity contribution in [2.45, 2.75) is 19.3 Å². The second kappa shape index (κ2) is 3.43. The van der Waals surface area contributed by atoms with Crippen LogP contribution in [0.5, 0.6) is 0 Å². The number of hydrogen-bond donors (Lipinski definition) is 1. The van der Waals surface area contributed by atoms with E-state index in [0.717, 1.165) is 11.3 Å². The van der Waals surface area contributed by atoms with E-state index in [1.807, 2.05) is 32.2 Å². The lowest BCUT2D eigenvalue weighted by molar-refractivity contribution is 0.542. The average molecular weight is 223 g/mol. The van der Waals surface area contributed by atoms with Crippen LogP contribution in [0.2, 0.25) is 0 Å². The molecule has 1 N–H and O–H groups in total. The van der Waals surface area contributed by atoms with E-state index in [1.54, 1.807) is 6.07 Å². The van der Waals surface area contributed by atoms with Crippen LogP contribution in [0.3, 0.4) is 0 Å². The molecule has 1 unspecified atom stereocenters. The smallest absolute Gasteiger partial charge is 0.0668 e. The highest BCUT2D eigenvalue weighted by molar-refractivity contribution is 7.80. The van der Waals surface area contributed by atoms with Gasteiger partial charge in [-0.25, -0.2) is 0 Å². The van der Waals surface area contributed by atoms with Gasteiger partial charge < -0.3 is 9.27 Å². The molecule has 1 aromatic rings. The fraction of sp³-hybridized carbons (Fsp3) is 0.300. The highest BCUT2D eigenvalue weighted by Gasteiger charge is 2.26. The van der Waals surface area contributed by atoms with E-state index in [2.05, 4.69) is 9.71 Å². The first-order chi connectivity index (χ1) is 6.99. The summed E-state index contributed by atoms with van der Waals surface area (Å²) in [6.07, 6.45) is 1.87. The van der Waals surface area contributed by atoms with Crippen molar-refractivity contribution < 1.29 is 8.76 Å². The zero-order valence-electron chi connectivity index (χ0n) is 8.48. The van der Waals surface area contributed by atoms with Gasteiger partial charge in [0.15, 0.2) is 0 Å². The molecule has 1 aromatic carbocycles. The molecule has 0 bridgehead atoms. The first kappa shape index (κ1) is 10.3. The van der Waals surface area contributed by atoms with Crippen LogP contribution in [0.15, 0.2) is 23.2 Å². The lowest BCUT2D eigenvalue weighted by atomic mass is 9.87. The quantitative estimate of drug-likeness (QED) is 0.778. The Morgan fingerprint density at radius 3 is 2.87 bits per heavy atom. The van der Waals surface area contributed by atoms with Crippen molar-refractivity contribution in [3.05, 3.63) is 23.8 Å². The molecule has 4 nitrogen and oxygen atoms in total. The number of fused-ring (bicyclic) bond motifs is 1. The van der Waals surface area contributed by atoms with E-state index in [-0.39, 0.29) is 5.41 Å². The van der Waals surface area contributed by atoms with Gasteiger partial charge in [0.2, 0.25) is 0 Å². The maximum atomic E-state index is 10.5. The van der Waals surface area contributed by atoms with E-state index in [1.165, 1.54) is 0 Å². The topological polar surface area (TPSA) is 64.5 Å². The second-order valence-corrected chi connectivity index (χ2v) is 4.72. The number of hydrogen-bond acceptors (Lipinski definition) is 3. The molecule has 0 spiro atoms. The van der Waals surface area contributed by atoms with Crippen molar-refractivity contribution in [3.63, 3.8) is 0 Å². The number of anilines is 1. The van der Waals surface area contributed by atoms with E-state index in [9.17, 15) is 8.76 Å². The average Bonchev–Trinajstić information content (AvgIpc) is 2.42. The minimum absolute atomic E-state index is 0.128. The van der Waals surface area contributed by atoms with Crippen molar-refractivity contribution in [2.24, 2.45) is 4.99 Å². The fourth-order valence-electron chi connectivity index (χ4n) is 1.62.